The fraction of sp³-hybridized carbons (Fsp3) is 0.125. The summed E-state index contributed by atoms with van der Waals surface area (Å²) in [5.41, 5.74) is 3.26. The number of aryl methyl sites for hydroxylation is 1. The van der Waals surface area contributed by atoms with Crippen LogP contribution in [0.25, 0.3) is 16.6 Å². The Labute approximate surface area is 178 Å². The molecule has 30 heavy (non-hydrogen) atoms. The molecule has 1 heterocycles. The van der Waals surface area contributed by atoms with Crippen molar-refractivity contribution in [2.45, 2.75) is 18.6 Å². The number of benzene rings is 3. The summed E-state index contributed by atoms with van der Waals surface area (Å²) in [6, 6.07) is 24.7. The lowest BCUT2D eigenvalue weighted by Gasteiger charge is -2.15. The van der Waals surface area contributed by atoms with Gasteiger partial charge in [-0.25, -0.2) is 4.98 Å². The van der Waals surface area contributed by atoms with Crippen molar-refractivity contribution in [1.29, 1.82) is 0 Å². The smallest absolute Gasteiger partial charge is 0.266 e. The predicted octanol–water partition coefficient (Wildman–Crippen LogP) is 4.10. The van der Waals surface area contributed by atoms with Gasteiger partial charge < -0.3 is 5.32 Å². The highest BCUT2D eigenvalue weighted by Crippen LogP contribution is 2.23. The van der Waals surface area contributed by atoms with E-state index in [1.54, 1.807) is 10.6 Å². The summed E-state index contributed by atoms with van der Waals surface area (Å²) in [5, 5.41) is 3.97. The first-order chi connectivity index (χ1) is 14.6. The van der Waals surface area contributed by atoms with Crippen LogP contribution in [0.4, 0.5) is 0 Å². The van der Waals surface area contributed by atoms with E-state index < -0.39 is 0 Å². The van der Waals surface area contributed by atoms with Gasteiger partial charge in [0.05, 0.1) is 22.3 Å². The average molecular weight is 416 g/mol. The monoisotopic (exact) mass is 415 g/mol. The minimum Gasteiger partial charge on any atom is -0.351 e. The third-order valence-corrected chi connectivity index (χ3v) is 5.70. The van der Waals surface area contributed by atoms with Crippen LogP contribution in [0.3, 0.4) is 0 Å². The molecule has 0 atom stereocenters. The van der Waals surface area contributed by atoms with Crippen LogP contribution in [-0.2, 0) is 11.3 Å². The maximum Gasteiger partial charge on any atom is 0.266 e. The molecule has 4 rings (SSSR count). The Bertz CT molecular complexity index is 1250. The third kappa shape index (κ3) is 4.28. The second-order valence-corrected chi connectivity index (χ2v) is 7.83. The number of carbonyl (C=O) groups excluding carboxylic acids is 1. The Morgan fingerprint density at radius 2 is 1.67 bits per heavy atom. The zero-order valence-corrected chi connectivity index (χ0v) is 17.4. The van der Waals surface area contributed by atoms with Crippen LogP contribution in [0.2, 0.25) is 0 Å². The largest absolute Gasteiger partial charge is 0.351 e. The summed E-state index contributed by atoms with van der Waals surface area (Å²) < 4.78 is 1.60. The van der Waals surface area contributed by atoms with E-state index in [1.165, 1.54) is 11.8 Å². The SMILES string of the molecule is Cc1ccccc1-n1c(SCC(=O)NCc2ccccc2)nc2ccccc2c1=O. The summed E-state index contributed by atoms with van der Waals surface area (Å²) >= 11 is 1.26. The molecular weight excluding hydrogens is 394 g/mol. The van der Waals surface area contributed by atoms with Gasteiger partial charge in [0.25, 0.3) is 5.56 Å². The van der Waals surface area contributed by atoms with E-state index in [9.17, 15) is 9.59 Å². The number of fused-ring (bicyclic) bond motifs is 1. The van der Waals surface area contributed by atoms with Crippen molar-refractivity contribution in [3.05, 3.63) is 100 Å². The normalized spacial score (nSPS) is 10.8. The van der Waals surface area contributed by atoms with Gasteiger partial charge in [-0.3, -0.25) is 14.2 Å². The maximum atomic E-state index is 13.3. The number of amides is 1. The molecule has 0 saturated carbocycles. The van der Waals surface area contributed by atoms with Gasteiger partial charge in [-0.2, -0.15) is 0 Å². The molecule has 0 saturated heterocycles. The van der Waals surface area contributed by atoms with Crippen LogP contribution in [0, 0.1) is 6.92 Å². The van der Waals surface area contributed by atoms with Crippen molar-refractivity contribution in [3.8, 4) is 5.69 Å². The first-order valence-corrected chi connectivity index (χ1v) is 10.6. The standard InChI is InChI=1S/C24H21N3O2S/c1-17-9-5-8-14-21(17)27-23(29)19-12-6-7-13-20(19)26-24(27)30-16-22(28)25-15-18-10-3-2-4-11-18/h2-14H,15-16H2,1H3,(H,25,28). The van der Waals surface area contributed by atoms with Crippen LogP contribution >= 0.6 is 11.8 Å². The zero-order valence-electron chi connectivity index (χ0n) is 16.5. The Balaban J connectivity index is 1.63. The van der Waals surface area contributed by atoms with Crippen molar-refractivity contribution in [3.63, 3.8) is 0 Å². The fourth-order valence-electron chi connectivity index (χ4n) is 3.21. The molecule has 0 radical (unpaired) electrons. The van der Waals surface area contributed by atoms with E-state index in [0.29, 0.717) is 22.6 Å². The molecule has 0 aliphatic carbocycles. The van der Waals surface area contributed by atoms with Gasteiger partial charge in [0, 0.05) is 6.54 Å². The molecule has 1 aromatic heterocycles. The molecular formula is C24H21N3O2S. The van der Waals surface area contributed by atoms with Crippen LogP contribution < -0.4 is 10.9 Å². The molecule has 0 fully saturated rings. The molecule has 5 nitrogen and oxygen atoms in total. The molecule has 0 aliphatic rings. The summed E-state index contributed by atoms with van der Waals surface area (Å²) in [5.74, 6) is 0.0614. The molecule has 4 aromatic rings. The lowest BCUT2D eigenvalue weighted by molar-refractivity contribution is -0.118. The molecule has 0 spiro atoms. The lowest BCUT2D eigenvalue weighted by Crippen LogP contribution is -2.26. The third-order valence-electron chi connectivity index (χ3n) is 4.77. The summed E-state index contributed by atoms with van der Waals surface area (Å²) in [4.78, 5) is 30.4. The van der Waals surface area contributed by atoms with Crippen molar-refractivity contribution in [2.75, 3.05) is 5.75 Å². The summed E-state index contributed by atoms with van der Waals surface area (Å²) in [7, 11) is 0. The number of aromatic nitrogens is 2. The van der Waals surface area contributed by atoms with Gasteiger partial charge in [-0.05, 0) is 36.2 Å². The van der Waals surface area contributed by atoms with Gasteiger partial charge >= 0.3 is 0 Å². The average Bonchev–Trinajstić information content (AvgIpc) is 2.78. The fourth-order valence-corrected chi connectivity index (χ4v) is 4.05. The molecule has 0 bridgehead atoms. The summed E-state index contributed by atoms with van der Waals surface area (Å²) in [6.07, 6.45) is 0. The van der Waals surface area contributed by atoms with Crippen LogP contribution in [0.5, 0.6) is 0 Å². The van der Waals surface area contributed by atoms with E-state index in [0.717, 1.165) is 16.8 Å². The number of carbonyl (C=O) groups is 1. The van der Waals surface area contributed by atoms with Crippen molar-refractivity contribution in [1.82, 2.24) is 14.9 Å². The molecule has 1 amide bonds. The maximum absolute atomic E-state index is 13.3. The molecule has 0 aliphatic heterocycles. The molecule has 1 N–H and O–H groups in total. The van der Waals surface area contributed by atoms with E-state index in [1.807, 2.05) is 79.7 Å². The Hall–Kier alpha value is -3.38. The summed E-state index contributed by atoms with van der Waals surface area (Å²) in [6.45, 7) is 2.42. The van der Waals surface area contributed by atoms with E-state index in [4.69, 9.17) is 0 Å². The van der Waals surface area contributed by atoms with Crippen LogP contribution in [-0.4, -0.2) is 21.2 Å². The number of thioether (sulfide) groups is 1. The van der Waals surface area contributed by atoms with Crippen LogP contribution in [0.15, 0.2) is 88.8 Å². The second kappa shape index (κ2) is 8.97. The first-order valence-electron chi connectivity index (χ1n) is 9.65. The van der Waals surface area contributed by atoms with E-state index in [-0.39, 0.29) is 17.2 Å². The number of rotatable bonds is 6. The van der Waals surface area contributed by atoms with E-state index in [2.05, 4.69) is 10.3 Å². The number of hydrogen-bond acceptors (Lipinski definition) is 4. The highest BCUT2D eigenvalue weighted by atomic mass is 32.2. The van der Waals surface area contributed by atoms with Crippen LogP contribution in [0.1, 0.15) is 11.1 Å². The van der Waals surface area contributed by atoms with Gasteiger partial charge in [0.15, 0.2) is 5.16 Å². The lowest BCUT2D eigenvalue weighted by atomic mass is 10.2. The quantitative estimate of drug-likeness (QED) is 0.380. The number of para-hydroxylation sites is 2. The minimum atomic E-state index is -0.137. The van der Waals surface area contributed by atoms with Gasteiger partial charge in [0.1, 0.15) is 0 Å². The second-order valence-electron chi connectivity index (χ2n) is 6.89. The Kier molecular flexibility index (Phi) is 5.95. The van der Waals surface area contributed by atoms with Gasteiger partial charge in [-0.1, -0.05) is 72.4 Å². The molecule has 0 unspecified atom stereocenters. The number of nitrogens with one attached hydrogen (secondary N) is 1. The van der Waals surface area contributed by atoms with Gasteiger partial charge in [-0.15, -0.1) is 0 Å². The first kappa shape index (κ1) is 19.9. The zero-order chi connectivity index (χ0) is 20.9. The Morgan fingerprint density at radius 3 is 2.47 bits per heavy atom. The highest BCUT2D eigenvalue weighted by Gasteiger charge is 2.15. The molecule has 3 aromatic carbocycles. The number of nitrogens with zero attached hydrogens (tertiary/aromatic N) is 2. The molecule has 150 valence electrons. The highest BCUT2D eigenvalue weighted by molar-refractivity contribution is 7.99. The van der Waals surface area contributed by atoms with Crippen molar-refractivity contribution < 1.29 is 4.79 Å². The van der Waals surface area contributed by atoms with Crippen molar-refractivity contribution >= 4 is 28.6 Å². The van der Waals surface area contributed by atoms with E-state index >= 15 is 0 Å². The predicted molar refractivity (Wildman–Crippen MR) is 121 cm³/mol. The minimum absolute atomic E-state index is 0.109. The van der Waals surface area contributed by atoms with Crippen molar-refractivity contribution in [2.24, 2.45) is 0 Å². The topological polar surface area (TPSA) is 64.0 Å². The van der Waals surface area contributed by atoms with Gasteiger partial charge in [0.2, 0.25) is 5.91 Å². The Morgan fingerprint density at radius 1 is 0.967 bits per heavy atom. The number of hydrogen-bond donors (Lipinski definition) is 1. The molecule has 6 heteroatoms.